The second-order valence-corrected chi connectivity index (χ2v) is 5.94. The summed E-state index contributed by atoms with van der Waals surface area (Å²) in [5.41, 5.74) is 1.16. The number of hydrogen-bond acceptors (Lipinski definition) is 1. The molecule has 1 nitrogen and oxygen atoms in total. The Morgan fingerprint density at radius 1 is 1.50 bits per heavy atom. The quantitative estimate of drug-likeness (QED) is 0.460. The van der Waals surface area contributed by atoms with Gasteiger partial charge in [-0.1, -0.05) is 32.9 Å². The molecule has 1 fully saturated rings. The molecule has 1 saturated carbocycles. The van der Waals surface area contributed by atoms with Crippen molar-refractivity contribution in [1.82, 2.24) is 0 Å². The molecular formula is C13H22O. The molecule has 0 heterocycles. The fourth-order valence-corrected chi connectivity index (χ4v) is 2.26. The summed E-state index contributed by atoms with van der Waals surface area (Å²) < 4.78 is 0. The molecular weight excluding hydrogens is 172 g/mol. The second-order valence-electron chi connectivity index (χ2n) is 5.94. The Kier molecular flexibility index (Phi) is 2.89. The van der Waals surface area contributed by atoms with Crippen LogP contribution in [0, 0.1) is 16.7 Å². The predicted octanol–water partition coefficient (Wildman–Crippen LogP) is 3.59. The first-order valence-electron chi connectivity index (χ1n) is 5.44. The summed E-state index contributed by atoms with van der Waals surface area (Å²) in [4.78, 5) is 11.1. The van der Waals surface area contributed by atoms with Crippen LogP contribution in [-0.4, -0.2) is 6.29 Å². The number of hydrogen-bond donors (Lipinski definition) is 0. The van der Waals surface area contributed by atoms with Gasteiger partial charge in [0.05, 0.1) is 0 Å². The van der Waals surface area contributed by atoms with E-state index in [0.29, 0.717) is 11.3 Å². The molecule has 0 aromatic carbocycles. The van der Waals surface area contributed by atoms with E-state index < -0.39 is 0 Å². The van der Waals surface area contributed by atoms with Crippen LogP contribution in [0.2, 0.25) is 0 Å². The SMILES string of the molecule is C=C1CCC(C(C)(C)C)CC1(C)C=O. The van der Waals surface area contributed by atoms with Crippen molar-refractivity contribution in [3.8, 4) is 0 Å². The summed E-state index contributed by atoms with van der Waals surface area (Å²) in [6, 6.07) is 0. The van der Waals surface area contributed by atoms with Gasteiger partial charge in [-0.15, -0.1) is 0 Å². The highest BCUT2D eigenvalue weighted by Gasteiger charge is 2.39. The Balaban J connectivity index is 2.82. The third-order valence-electron chi connectivity index (χ3n) is 3.76. The maximum Gasteiger partial charge on any atom is 0.129 e. The van der Waals surface area contributed by atoms with E-state index in [9.17, 15) is 4.79 Å². The van der Waals surface area contributed by atoms with E-state index in [-0.39, 0.29) is 5.41 Å². The predicted molar refractivity (Wildman–Crippen MR) is 60.1 cm³/mol. The van der Waals surface area contributed by atoms with Gasteiger partial charge in [0.1, 0.15) is 6.29 Å². The van der Waals surface area contributed by atoms with Crippen LogP contribution < -0.4 is 0 Å². The van der Waals surface area contributed by atoms with Crippen LogP contribution >= 0.6 is 0 Å². The average molecular weight is 194 g/mol. The molecule has 1 heteroatoms. The van der Waals surface area contributed by atoms with Gasteiger partial charge in [-0.2, -0.15) is 0 Å². The summed E-state index contributed by atoms with van der Waals surface area (Å²) in [7, 11) is 0. The van der Waals surface area contributed by atoms with Gasteiger partial charge in [-0.3, -0.25) is 0 Å². The minimum Gasteiger partial charge on any atom is -0.302 e. The van der Waals surface area contributed by atoms with E-state index >= 15 is 0 Å². The zero-order chi connectivity index (χ0) is 11.0. The van der Waals surface area contributed by atoms with Gasteiger partial charge in [0.15, 0.2) is 0 Å². The van der Waals surface area contributed by atoms with Crippen molar-refractivity contribution in [3.63, 3.8) is 0 Å². The third-order valence-corrected chi connectivity index (χ3v) is 3.76. The first-order valence-corrected chi connectivity index (χ1v) is 5.44. The average Bonchev–Trinajstić information content (AvgIpc) is 2.08. The molecule has 1 aliphatic rings. The van der Waals surface area contributed by atoms with Crippen LogP contribution in [0.3, 0.4) is 0 Å². The van der Waals surface area contributed by atoms with Gasteiger partial charge in [-0.25, -0.2) is 0 Å². The zero-order valence-corrected chi connectivity index (χ0v) is 9.89. The molecule has 1 aliphatic carbocycles. The molecule has 0 N–H and O–H groups in total. The minimum absolute atomic E-state index is 0.268. The second kappa shape index (κ2) is 3.52. The van der Waals surface area contributed by atoms with Crippen molar-refractivity contribution >= 4 is 6.29 Å². The van der Waals surface area contributed by atoms with E-state index in [2.05, 4.69) is 27.4 Å². The summed E-state index contributed by atoms with van der Waals surface area (Å²) >= 11 is 0. The fourth-order valence-electron chi connectivity index (χ4n) is 2.26. The van der Waals surface area contributed by atoms with Crippen LogP contribution in [0.1, 0.15) is 47.0 Å². The van der Waals surface area contributed by atoms with Gasteiger partial charge in [-0.05, 0) is 37.5 Å². The van der Waals surface area contributed by atoms with Gasteiger partial charge in [0.25, 0.3) is 0 Å². The zero-order valence-electron chi connectivity index (χ0n) is 9.89. The molecule has 0 aromatic heterocycles. The molecule has 14 heavy (non-hydrogen) atoms. The number of allylic oxidation sites excluding steroid dienone is 1. The molecule has 80 valence electrons. The summed E-state index contributed by atoms with van der Waals surface area (Å²) in [5.74, 6) is 0.642. The maximum absolute atomic E-state index is 11.1. The standard InChI is InChI=1S/C13H22O/c1-10-6-7-11(12(2,3)4)8-13(10,5)9-14/h9,11H,1,6-8H2,2-5H3. The van der Waals surface area contributed by atoms with Gasteiger partial charge >= 0.3 is 0 Å². The molecule has 2 unspecified atom stereocenters. The van der Waals surface area contributed by atoms with Crippen LogP contribution in [0.25, 0.3) is 0 Å². The fraction of sp³-hybridized carbons (Fsp3) is 0.769. The maximum atomic E-state index is 11.1. The van der Waals surface area contributed by atoms with Crippen LogP contribution in [-0.2, 0) is 4.79 Å². The number of rotatable bonds is 1. The van der Waals surface area contributed by atoms with Crippen molar-refractivity contribution in [2.75, 3.05) is 0 Å². The third kappa shape index (κ3) is 2.08. The van der Waals surface area contributed by atoms with Gasteiger partial charge < -0.3 is 4.79 Å². The Labute approximate surface area is 87.6 Å². The molecule has 0 saturated heterocycles. The Morgan fingerprint density at radius 2 is 2.07 bits per heavy atom. The van der Waals surface area contributed by atoms with E-state index in [1.54, 1.807) is 0 Å². The molecule has 0 amide bonds. The molecule has 2 atom stereocenters. The molecule has 0 bridgehead atoms. The first kappa shape index (κ1) is 11.5. The topological polar surface area (TPSA) is 17.1 Å². The lowest BCUT2D eigenvalue weighted by atomic mass is 9.62. The van der Waals surface area contributed by atoms with Gasteiger partial charge in [0.2, 0.25) is 0 Å². The van der Waals surface area contributed by atoms with Crippen molar-refractivity contribution < 1.29 is 4.79 Å². The minimum atomic E-state index is -0.268. The lowest BCUT2D eigenvalue weighted by Crippen LogP contribution is -2.34. The largest absolute Gasteiger partial charge is 0.302 e. The Morgan fingerprint density at radius 3 is 2.50 bits per heavy atom. The van der Waals surface area contributed by atoms with Gasteiger partial charge in [0, 0.05) is 5.41 Å². The lowest BCUT2D eigenvalue weighted by Gasteiger charge is -2.42. The van der Waals surface area contributed by atoms with Crippen LogP contribution in [0.15, 0.2) is 12.2 Å². The Hall–Kier alpha value is -0.590. The van der Waals surface area contributed by atoms with E-state index in [4.69, 9.17) is 0 Å². The number of aldehydes is 1. The normalized spacial score (nSPS) is 34.3. The molecule has 0 aromatic rings. The van der Waals surface area contributed by atoms with Crippen molar-refractivity contribution in [3.05, 3.63) is 12.2 Å². The number of carbonyl (C=O) groups is 1. The van der Waals surface area contributed by atoms with Crippen molar-refractivity contribution in [2.24, 2.45) is 16.7 Å². The highest BCUT2D eigenvalue weighted by molar-refractivity contribution is 5.64. The molecule has 0 spiro atoms. The summed E-state index contributed by atoms with van der Waals surface area (Å²) in [6.45, 7) is 12.8. The molecule has 0 aliphatic heterocycles. The van der Waals surface area contributed by atoms with Crippen molar-refractivity contribution in [2.45, 2.75) is 47.0 Å². The molecule has 1 rings (SSSR count). The summed E-state index contributed by atoms with van der Waals surface area (Å²) in [5, 5.41) is 0. The highest BCUT2D eigenvalue weighted by atomic mass is 16.1. The number of carbonyl (C=O) groups excluding carboxylic acids is 1. The Bertz CT molecular complexity index is 246. The smallest absolute Gasteiger partial charge is 0.129 e. The monoisotopic (exact) mass is 194 g/mol. The molecule has 0 radical (unpaired) electrons. The lowest BCUT2D eigenvalue weighted by molar-refractivity contribution is -0.115. The van der Waals surface area contributed by atoms with Crippen LogP contribution in [0.4, 0.5) is 0 Å². The summed E-state index contributed by atoms with van der Waals surface area (Å²) in [6.07, 6.45) is 4.26. The van der Waals surface area contributed by atoms with E-state index in [1.807, 2.05) is 6.92 Å². The van der Waals surface area contributed by atoms with E-state index in [0.717, 1.165) is 24.7 Å². The van der Waals surface area contributed by atoms with Crippen molar-refractivity contribution in [1.29, 1.82) is 0 Å². The highest BCUT2D eigenvalue weighted by Crippen LogP contribution is 2.47. The van der Waals surface area contributed by atoms with Crippen LogP contribution in [0.5, 0.6) is 0 Å². The van der Waals surface area contributed by atoms with E-state index in [1.165, 1.54) is 6.42 Å². The first-order chi connectivity index (χ1) is 6.29.